The number of benzene rings is 1. The van der Waals surface area contributed by atoms with Crippen molar-refractivity contribution in [3.63, 3.8) is 0 Å². The lowest BCUT2D eigenvalue weighted by Gasteiger charge is -2.24. The van der Waals surface area contributed by atoms with E-state index in [0.29, 0.717) is 12.2 Å². The van der Waals surface area contributed by atoms with Gasteiger partial charge in [-0.05, 0) is 6.92 Å². The van der Waals surface area contributed by atoms with Crippen LogP contribution in [-0.4, -0.2) is 50.7 Å². The van der Waals surface area contributed by atoms with Crippen molar-refractivity contribution in [1.82, 2.24) is 0 Å². The smallest absolute Gasteiger partial charge is 0.191 e. The molecule has 0 aliphatic heterocycles. The fourth-order valence-corrected chi connectivity index (χ4v) is 1.42. The van der Waals surface area contributed by atoms with E-state index >= 15 is 0 Å². The molecule has 0 saturated heterocycles. The van der Waals surface area contributed by atoms with E-state index in [1.54, 1.807) is 0 Å². The Morgan fingerprint density at radius 3 is 2.35 bits per heavy atom. The molecule has 0 saturated carbocycles. The number of nitrogens with zero attached hydrogens (tertiary/aromatic N) is 1. The standard InChI is InChI=1S/C14H22NO2/c1-12(17-11-10-15(2,3)4)14(16)13-8-6-5-7-9-13/h5-9,12H,10-11H2,1-4H3/q+1. The first-order valence-electron chi connectivity index (χ1n) is 5.91. The van der Waals surface area contributed by atoms with Crippen molar-refractivity contribution in [2.45, 2.75) is 13.0 Å². The summed E-state index contributed by atoms with van der Waals surface area (Å²) in [5.41, 5.74) is 0.713. The quantitative estimate of drug-likeness (QED) is 0.557. The molecule has 0 bridgehead atoms. The van der Waals surface area contributed by atoms with E-state index in [-0.39, 0.29) is 11.9 Å². The molecule has 3 nitrogen and oxygen atoms in total. The van der Waals surface area contributed by atoms with Gasteiger partial charge in [-0.1, -0.05) is 30.3 Å². The number of carbonyl (C=O) groups is 1. The van der Waals surface area contributed by atoms with Crippen molar-refractivity contribution in [2.75, 3.05) is 34.3 Å². The van der Waals surface area contributed by atoms with Crippen LogP contribution in [0.4, 0.5) is 0 Å². The van der Waals surface area contributed by atoms with E-state index in [0.717, 1.165) is 11.0 Å². The third kappa shape index (κ3) is 5.11. The Morgan fingerprint density at radius 1 is 1.24 bits per heavy atom. The zero-order valence-electron chi connectivity index (χ0n) is 11.1. The van der Waals surface area contributed by atoms with Crippen LogP contribution >= 0.6 is 0 Å². The number of likely N-dealkylation sites (N-methyl/N-ethyl adjacent to an activating group) is 1. The Bertz CT molecular complexity index is 354. The Kier molecular flexibility index (Phi) is 4.85. The highest BCUT2D eigenvalue weighted by Gasteiger charge is 2.16. The Labute approximate surface area is 104 Å². The molecule has 1 aromatic carbocycles. The summed E-state index contributed by atoms with van der Waals surface area (Å²) in [7, 11) is 6.31. The highest BCUT2D eigenvalue weighted by Crippen LogP contribution is 2.06. The molecule has 1 aromatic rings. The minimum absolute atomic E-state index is 0.0482. The Morgan fingerprint density at radius 2 is 1.82 bits per heavy atom. The van der Waals surface area contributed by atoms with Crippen LogP contribution in [0.25, 0.3) is 0 Å². The molecule has 0 aromatic heterocycles. The van der Waals surface area contributed by atoms with Crippen molar-refractivity contribution in [1.29, 1.82) is 0 Å². The van der Waals surface area contributed by atoms with Crippen LogP contribution in [0, 0.1) is 0 Å². The van der Waals surface area contributed by atoms with Gasteiger partial charge < -0.3 is 9.22 Å². The van der Waals surface area contributed by atoms with Crippen LogP contribution in [0.1, 0.15) is 17.3 Å². The molecule has 17 heavy (non-hydrogen) atoms. The van der Waals surface area contributed by atoms with E-state index in [1.807, 2.05) is 37.3 Å². The van der Waals surface area contributed by atoms with Crippen molar-refractivity contribution in [3.05, 3.63) is 35.9 Å². The zero-order chi connectivity index (χ0) is 12.9. The first-order chi connectivity index (χ1) is 7.90. The number of quaternary nitrogens is 1. The lowest BCUT2D eigenvalue weighted by molar-refractivity contribution is -0.870. The molecule has 1 atom stereocenters. The zero-order valence-corrected chi connectivity index (χ0v) is 11.1. The van der Waals surface area contributed by atoms with E-state index in [4.69, 9.17) is 4.74 Å². The third-order valence-electron chi connectivity index (χ3n) is 2.56. The van der Waals surface area contributed by atoms with Crippen LogP contribution in [0.5, 0.6) is 0 Å². The van der Waals surface area contributed by atoms with Gasteiger partial charge in [0.15, 0.2) is 5.78 Å². The molecule has 0 heterocycles. The van der Waals surface area contributed by atoms with E-state index in [1.165, 1.54) is 0 Å². The van der Waals surface area contributed by atoms with Crippen LogP contribution in [0.2, 0.25) is 0 Å². The molecule has 0 N–H and O–H groups in total. The fraction of sp³-hybridized carbons (Fsp3) is 0.500. The maximum Gasteiger partial charge on any atom is 0.191 e. The first kappa shape index (κ1) is 13.9. The molecule has 94 valence electrons. The molecule has 3 heteroatoms. The minimum Gasteiger partial charge on any atom is -0.364 e. The summed E-state index contributed by atoms with van der Waals surface area (Å²) < 4.78 is 6.41. The normalized spacial score (nSPS) is 13.4. The van der Waals surface area contributed by atoms with Crippen molar-refractivity contribution in [3.8, 4) is 0 Å². The average molecular weight is 236 g/mol. The number of ether oxygens (including phenoxy) is 1. The van der Waals surface area contributed by atoms with Gasteiger partial charge in [-0.15, -0.1) is 0 Å². The minimum atomic E-state index is -0.371. The number of rotatable bonds is 6. The van der Waals surface area contributed by atoms with E-state index in [2.05, 4.69) is 21.1 Å². The highest BCUT2D eigenvalue weighted by molar-refractivity contribution is 5.99. The van der Waals surface area contributed by atoms with Crippen molar-refractivity contribution in [2.24, 2.45) is 0 Å². The molecular weight excluding hydrogens is 214 g/mol. The lowest BCUT2D eigenvalue weighted by atomic mass is 10.1. The Balaban J connectivity index is 2.43. The van der Waals surface area contributed by atoms with Crippen LogP contribution in [0.15, 0.2) is 30.3 Å². The number of hydrogen-bond acceptors (Lipinski definition) is 2. The summed E-state index contributed by atoms with van der Waals surface area (Å²) in [4.78, 5) is 12.0. The van der Waals surface area contributed by atoms with Gasteiger partial charge in [0.25, 0.3) is 0 Å². The molecule has 0 aliphatic carbocycles. The van der Waals surface area contributed by atoms with Gasteiger partial charge in [0.05, 0.1) is 27.7 Å². The molecule has 0 aliphatic rings. The van der Waals surface area contributed by atoms with E-state index < -0.39 is 0 Å². The largest absolute Gasteiger partial charge is 0.364 e. The summed E-state index contributed by atoms with van der Waals surface area (Å²) in [5, 5.41) is 0. The summed E-state index contributed by atoms with van der Waals surface area (Å²) >= 11 is 0. The number of Topliss-reactive ketones (excluding diaryl/α,β-unsaturated/α-hetero) is 1. The van der Waals surface area contributed by atoms with Crippen molar-refractivity contribution < 1.29 is 14.0 Å². The third-order valence-corrected chi connectivity index (χ3v) is 2.56. The Hall–Kier alpha value is -1.19. The number of carbonyl (C=O) groups excluding carboxylic acids is 1. The number of hydrogen-bond donors (Lipinski definition) is 0. The highest BCUT2D eigenvalue weighted by atomic mass is 16.5. The van der Waals surface area contributed by atoms with Crippen LogP contribution < -0.4 is 0 Å². The molecule has 1 rings (SSSR count). The number of ketones is 1. The predicted octanol–water partition coefficient (Wildman–Crippen LogP) is 1.98. The topological polar surface area (TPSA) is 26.3 Å². The molecule has 0 spiro atoms. The van der Waals surface area contributed by atoms with E-state index in [9.17, 15) is 4.79 Å². The molecule has 0 fully saturated rings. The summed E-state index contributed by atoms with van der Waals surface area (Å²) in [6, 6.07) is 9.28. The fourth-order valence-electron chi connectivity index (χ4n) is 1.42. The maximum absolute atomic E-state index is 12.0. The second kappa shape index (κ2) is 5.94. The summed E-state index contributed by atoms with van der Waals surface area (Å²) in [6.45, 7) is 3.31. The first-order valence-corrected chi connectivity index (χ1v) is 5.91. The second-order valence-corrected chi connectivity index (χ2v) is 5.26. The van der Waals surface area contributed by atoms with Crippen LogP contribution in [-0.2, 0) is 4.74 Å². The molecule has 0 amide bonds. The molecule has 0 radical (unpaired) electrons. The molecular formula is C14H22NO2+. The lowest BCUT2D eigenvalue weighted by Crippen LogP contribution is -2.38. The van der Waals surface area contributed by atoms with Gasteiger partial charge in [0.1, 0.15) is 12.6 Å². The monoisotopic (exact) mass is 236 g/mol. The second-order valence-electron chi connectivity index (χ2n) is 5.26. The SMILES string of the molecule is CC(OCC[N+](C)(C)C)C(=O)c1ccccc1. The maximum atomic E-state index is 12.0. The predicted molar refractivity (Wildman–Crippen MR) is 69.1 cm³/mol. The average Bonchev–Trinajstić information content (AvgIpc) is 2.27. The molecule has 1 unspecified atom stereocenters. The van der Waals surface area contributed by atoms with Crippen molar-refractivity contribution >= 4 is 5.78 Å². The van der Waals surface area contributed by atoms with Gasteiger partial charge in [-0.25, -0.2) is 0 Å². The van der Waals surface area contributed by atoms with Gasteiger partial charge in [-0.2, -0.15) is 0 Å². The summed E-state index contributed by atoms with van der Waals surface area (Å²) in [5.74, 6) is 0.0482. The van der Waals surface area contributed by atoms with Gasteiger partial charge >= 0.3 is 0 Å². The van der Waals surface area contributed by atoms with Gasteiger partial charge in [0.2, 0.25) is 0 Å². The summed E-state index contributed by atoms with van der Waals surface area (Å²) in [6.07, 6.45) is -0.371. The van der Waals surface area contributed by atoms with Crippen LogP contribution in [0.3, 0.4) is 0 Å². The van der Waals surface area contributed by atoms with Gasteiger partial charge in [-0.3, -0.25) is 4.79 Å². The van der Waals surface area contributed by atoms with Gasteiger partial charge in [0, 0.05) is 5.56 Å².